The number of rotatable bonds is 7. The van der Waals surface area contributed by atoms with E-state index in [2.05, 4.69) is 217 Å². The third-order valence-corrected chi connectivity index (χ3v) is 14.8. The van der Waals surface area contributed by atoms with Crippen molar-refractivity contribution in [2.24, 2.45) is 0 Å². The highest BCUT2D eigenvalue weighted by Gasteiger charge is 2.43. The minimum Gasteiger partial charge on any atom is -0.0622 e. The van der Waals surface area contributed by atoms with Gasteiger partial charge >= 0.3 is 0 Å². The van der Waals surface area contributed by atoms with Crippen molar-refractivity contribution < 1.29 is 0 Å². The van der Waals surface area contributed by atoms with Gasteiger partial charge in [0.2, 0.25) is 0 Å². The number of hydrogen-bond donors (Lipinski definition) is 0. The number of fused-ring (bicyclic) bond motifs is 9. The number of benzene rings is 8. The average molecular weight is 773 g/mol. The van der Waals surface area contributed by atoms with E-state index in [1.165, 1.54) is 106 Å². The van der Waals surface area contributed by atoms with Crippen molar-refractivity contribution in [3.63, 3.8) is 0 Å². The van der Waals surface area contributed by atoms with E-state index in [1.807, 2.05) is 0 Å². The molecule has 0 nitrogen and oxygen atoms in total. The Morgan fingerprint density at radius 2 is 0.817 bits per heavy atom. The standard InChI is InChI=1S/C60H52/c1-58(2)51-23-15-13-21-45(51)47-32-30-42(34-53(47)58)44(31-27-38-25-28-40(29-26-38)39-17-9-7-10-18-39)43-33-48(41-19-11-8-12-20-41)57-50-37-54-49(36-55(50)60(5,6)56(57)35-43)46-22-14-16-24-52(46)59(54,3)4/h7-26,28-30,32-37,44H,27,31H2,1-6H3. The molecule has 11 rings (SSSR count). The van der Waals surface area contributed by atoms with Gasteiger partial charge in [0, 0.05) is 22.2 Å². The van der Waals surface area contributed by atoms with Gasteiger partial charge in [-0.2, -0.15) is 0 Å². The summed E-state index contributed by atoms with van der Waals surface area (Å²) in [5.74, 6) is 0.201. The first-order chi connectivity index (χ1) is 29.0. The van der Waals surface area contributed by atoms with Gasteiger partial charge in [-0.05, 0) is 137 Å². The molecule has 0 amide bonds. The Kier molecular flexibility index (Phi) is 8.21. The molecule has 0 fully saturated rings. The number of aryl methyl sites for hydroxylation is 1. The highest BCUT2D eigenvalue weighted by molar-refractivity contribution is 5.96. The lowest BCUT2D eigenvalue weighted by atomic mass is 9.76. The summed E-state index contributed by atoms with van der Waals surface area (Å²) in [7, 11) is 0. The highest BCUT2D eigenvalue weighted by Crippen LogP contribution is 2.59. The Morgan fingerprint density at radius 1 is 0.333 bits per heavy atom. The van der Waals surface area contributed by atoms with E-state index in [9.17, 15) is 0 Å². The second kappa shape index (κ2) is 13.4. The van der Waals surface area contributed by atoms with Crippen LogP contribution in [0.3, 0.4) is 0 Å². The lowest BCUT2D eigenvalue weighted by Crippen LogP contribution is -2.17. The van der Waals surface area contributed by atoms with Gasteiger partial charge in [-0.3, -0.25) is 0 Å². The molecule has 60 heavy (non-hydrogen) atoms. The van der Waals surface area contributed by atoms with Crippen LogP contribution in [0.4, 0.5) is 0 Å². The molecule has 8 aromatic rings. The first-order valence-corrected chi connectivity index (χ1v) is 21.9. The molecule has 0 radical (unpaired) electrons. The first kappa shape index (κ1) is 36.8. The summed E-state index contributed by atoms with van der Waals surface area (Å²) >= 11 is 0. The highest BCUT2D eigenvalue weighted by atomic mass is 14.5. The van der Waals surface area contributed by atoms with Crippen molar-refractivity contribution in [3.05, 3.63) is 226 Å². The van der Waals surface area contributed by atoms with E-state index in [4.69, 9.17) is 0 Å². The van der Waals surface area contributed by atoms with Crippen LogP contribution >= 0.6 is 0 Å². The van der Waals surface area contributed by atoms with Gasteiger partial charge in [-0.25, -0.2) is 0 Å². The Morgan fingerprint density at radius 3 is 1.48 bits per heavy atom. The van der Waals surface area contributed by atoms with Crippen molar-refractivity contribution in [1.29, 1.82) is 0 Å². The van der Waals surface area contributed by atoms with Crippen LogP contribution in [0.1, 0.15) is 104 Å². The summed E-state index contributed by atoms with van der Waals surface area (Å²) < 4.78 is 0. The van der Waals surface area contributed by atoms with E-state index in [1.54, 1.807) is 0 Å². The van der Waals surface area contributed by atoms with Crippen LogP contribution in [0.5, 0.6) is 0 Å². The van der Waals surface area contributed by atoms with E-state index >= 15 is 0 Å². The van der Waals surface area contributed by atoms with Gasteiger partial charge in [0.05, 0.1) is 0 Å². The van der Waals surface area contributed by atoms with Crippen molar-refractivity contribution >= 4 is 0 Å². The molecule has 8 aromatic carbocycles. The van der Waals surface area contributed by atoms with Gasteiger partial charge < -0.3 is 0 Å². The zero-order valence-electron chi connectivity index (χ0n) is 35.7. The molecule has 0 aromatic heterocycles. The average Bonchev–Trinajstić information content (AvgIpc) is 3.75. The van der Waals surface area contributed by atoms with Crippen molar-refractivity contribution in [3.8, 4) is 55.6 Å². The van der Waals surface area contributed by atoms with Crippen LogP contribution in [-0.2, 0) is 22.7 Å². The molecule has 3 aliphatic carbocycles. The summed E-state index contributed by atoms with van der Waals surface area (Å²) in [4.78, 5) is 0. The summed E-state index contributed by atoms with van der Waals surface area (Å²) in [5.41, 5.74) is 26.0. The van der Waals surface area contributed by atoms with Gasteiger partial charge in [-0.1, -0.05) is 199 Å². The zero-order chi connectivity index (χ0) is 41.0. The molecule has 0 spiro atoms. The Balaban J connectivity index is 1.08. The molecular formula is C60H52. The monoisotopic (exact) mass is 772 g/mol. The lowest BCUT2D eigenvalue weighted by molar-refractivity contribution is 0.647. The fourth-order valence-electron chi connectivity index (χ4n) is 11.4. The fraction of sp³-hybridized carbons (Fsp3) is 0.200. The van der Waals surface area contributed by atoms with E-state index < -0.39 is 0 Å². The molecule has 0 saturated carbocycles. The quantitative estimate of drug-likeness (QED) is 0.151. The maximum Gasteiger partial charge on any atom is 0.0159 e. The van der Waals surface area contributed by atoms with Gasteiger partial charge in [-0.15, -0.1) is 0 Å². The lowest BCUT2D eigenvalue weighted by Gasteiger charge is -2.27. The summed E-state index contributed by atoms with van der Waals surface area (Å²) in [6.07, 6.45) is 2.00. The maximum absolute atomic E-state index is 2.61. The van der Waals surface area contributed by atoms with E-state index in [-0.39, 0.29) is 22.2 Å². The summed E-state index contributed by atoms with van der Waals surface area (Å²) in [6.45, 7) is 14.6. The molecule has 0 heteroatoms. The number of hydrogen-bond acceptors (Lipinski definition) is 0. The van der Waals surface area contributed by atoms with Crippen LogP contribution in [0, 0.1) is 0 Å². The minimum atomic E-state index is -0.180. The second-order valence-electron chi connectivity index (χ2n) is 19.2. The molecule has 0 N–H and O–H groups in total. The Labute approximate surface area is 356 Å². The van der Waals surface area contributed by atoms with Crippen LogP contribution in [0.25, 0.3) is 55.6 Å². The first-order valence-electron chi connectivity index (χ1n) is 21.9. The van der Waals surface area contributed by atoms with Crippen molar-refractivity contribution in [1.82, 2.24) is 0 Å². The van der Waals surface area contributed by atoms with Crippen LogP contribution in [-0.4, -0.2) is 0 Å². The van der Waals surface area contributed by atoms with E-state index in [0.29, 0.717) is 0 Å². The molecule has 0 aliphatic heterocycles. The normalized spacial score (nSPS) is 16.0. The molecule has 1 unspecified atom stereocenters. The summed E-state index contributed by atoms with van der Waals surface area (Å²) in [6, 6.07) is 67.0. The predicted molar refractivity (Wildman–Crippen MR) is 253 cm³/mol. The molecule has 0 saturated heterocycles. The smallest absolute Gasteiger partial charge is 0.0159 e. The van der Waals surface area contributed by atoms with Crippen molar-refractivity contribution in [2.45, 2.75) is 76.5 Å². The third-order valence-electron chi connectivity index (χ3n) is 14.8. The largest absolute Gasteiger partial charge is 0.0622 e. The van der Waals surface area contributed by atoms with E-state index in [0.717, 1.165) is 12.8 Å². The summed E-state index contributed by atoms with van der Waals surface area (Å²) in [5, 5.41) is 0. The minimum absolute atomic E-state index is 0.0634. The van der Waals surface area contributed by atoms with Crippen LogP contribution in [0.2, 0.25) is 0 Å². The van der Waals surface area contributed by atoms with Crippen molar-refractivity contribution in [2.75, 3.05) is 0 Å². The Hall–Kier alpha value is -6.24. The maximum atomic E-state index is 2.61. The molecule has 0 heterocycles. The predicted octanol–water partition coefficient (Wildman–Crippen LogP) is 15.7. The zero-order valence-corrected chi connectivity index (χ0v) is 35.7. The molecule has 3 aliphatic rings. The topological polar surface area (TPSA) is 0 Å². The SMILES string of the molecule is CC1(C)c2ccccc2-c2ccc(C(CCc3ccc(-c4ccccc4)cc3)c3cc(-c4ccccc4)c4c(c3)C(C)(C)c3cc5c(cc3-4)C(C)(C)c3ccccc3-5)cc21. The third kappa shape index (κ3) is 5.50. The van der Waals surface area contributed by atoms with Gasteiger partial charge in [0.1, 0.15) is 0 Å². The molecule has 292 valence electrons. The van der Waals surface area contributed by atoms with Gasteiger partial charge in [0.15, 0.2) is 0 Å². The van der Waals surface area contributed by atoms with Gasteiger partial charge in [0.25, 0.3) is 0 Å². The molecular weight excluding hydrogens is 721 g/mol. The second-order valence-corrected chi connectivity index (χ2v) is 19.2. The molecule has 1 atom stereocenters. The van der Waals surface area contributed by atoms with Crippen LogP contribution < -0.4 is 0 Å². The Bertz CT molecular complexity index is 2970. The molecule has 0 bridgehead atoms. The van der Waals surface area contributed by atoms with Crippen LogP contribution in [0.15, 0.2) is 176 Å². The fourth-order valence-corrected chi connectivity index (χ4v) is 11.4.